The number of amides is 1. The number of halogens is 3. The predicted octanol–water partition coefficient (Wildman–Crippen LogP) is 7.01. The third kappa shape index (κ3) is 5.07. The molecule has 1 aromatic heterocycles. The highest BCUT2D eigenvalue weighted by atomic mass is 35.5. The van der Waals surface area contributed by atoms with Crippen LogP contribution in [0, 0.1) is 5.82 Å². The fourth-order valence-corrected chi connectivity index (χ4v) is 6.45. The predicted molar refractivity (Wildman–Crippen MR) is 146 cm³/mol. The van der Waals surface area contributed by atoms with Crippen LogP contribution in [-0.2, 0) is 5.75 Å². The van der Waals surface area contributed by atoms with Crippen LogP contribution in [0.15, 0.2) is 42.5 Å². The molecule has 1 amide bonds. The molecule has 3 aromatic rings. The van der Waals surface area contributed by atoms with Crippen LogP contribution in [-0.4, -0.2) is 38.5 Å². The van der Waals surface area contributed by atoms with Gasteiger partial charge in [-0.05, 0) is 74.2 Å². The summed E-state index contributed by atoms with van der Waals surface area (Å²) in [6.07, 6.45) is 5.25. The van der Waals surface area contributed by atoms with Crippen molar-refractivity contribution in [3.05, 3.63) is 80.8 Å². The van der Waals surface area contributed by atoms with Crippen molar-refractivity contribution in [1.82, 2.24) is 20.2 Å². The molecule has 0 saturated carbocycles. The van der Waals surface area contributed by atoms with Crippen LogP contribution in [0.1, 0.15) is 60.4 Å². The summed E-state index contributed by atoms with van der Waals surface area (Å²) in [5.41, 5.74) is 7.74. The number of fused-ring (bicyclic) bond motifs is 1. The molecule has 5 rings (SSSR count). The Morgan fingerprint density at radius 2 is 1.83 bits per heavy atom. The minimum Gasteiger partial charge on any atom is -0.283 e. The van der Waals surface area contributed by atoms with E-state index >= 15 is 0 Å². The van der Waals surface area contributed by atoms with E-state index in [4.69, 9.17) is 28.3 Å². The Morgan fingerprint density at radius 1 is 1.11 bits per heavy atom. The third-order valence-corrected chi connectivity index (χ3v) is 8.33. The van der Waals surface area contributed by atoms with Gasteiger partial charge in [-0.2, -0.15) is 16.9 Å². The molecule has 1 N–H and O–H groups in total. The average Bonchev–Trinajstić information content (AvgIpc) is 3.23. The lowest BCUT2D eigenvalue weighted by molar-refractivity contribution is 0.0365. The Bertz CT molecular complexity index is 1310. The van der Waals surface area contributed by atoms with E-state index in [1.807, 2.05) is 12.1 Å². The summed E-state index contributed by atoms with van der Waals surface area (Å²) < 4.78 is 15.2. The number of aromatic nitrogens is 2. The van der Waals surface area contributed by atoms with Crippen LogP contribution in [0.3, 0.4) is 0 Å². The smallest absolute Gasteiger partial charge is 0.283 e. The molecule has 188 valence electrons. The Hall–Kier alpha value is -2.32. The zero-order valence-electron chi connectivity index (χ0n) is 20.1. The van der Waals surface area contributed by atoms with Crippen molar-refractivity contribution in [2.75, 3.05) is 5.75 Å². The van der Waals surface area contributed by atoms with Gasteiger partial charge in [-0.15, -0.1) is 0 Å². The van der Waals surface area contributed by atoms with Gasteiger partial charge in [0.25, 0.3) is 5.91 Å². The van der Waals surface area contributed by atoms with Crippen LogP contribution in [0.5, 0.6) is 0 Å². The lowest BCUT2D eigenvalue weighted by Crippen LogP contribution is -2.54. The van der Waals surface area contributed by atoms with Crippen molar-refractivity contribution in [3.63, 3.8) is 0 Å². The number of nitrogens with zero attached hydrogens (tertiary/aromatic N) is 3. The van der Waals surface area contributed by atoms with E-state index in [0.717, 1.165) is 47.4 Å². The molecule has 0 spiro atoms. The third-order valence-electron chi connectivity index (χ3n) is 6.78. The second-order valence-electron chi connectivity index (χ2n) is 9.37. The first-order chi connectivity index (χ1) is 17.3. The highest BCUT2D eigenvalue weighted by Gasteiger charge is 2.32. The van der Waals surface area contributed by atoms with Crippen molar-refractivity contribution in [1.29, 1.82) is 0 Å². The minimum absolute atomic E-state index is 0.223. The van der Waals surface area contributed by atoms with Gasteiger partial charge < -0.3 is 0 Å². The summed E-state index contributed by atoms with van der Waals surface area (Å²) in [6, 6.07) is 12.1. The van der Waals surface area contributed by atoms with Gasteiger partial charge in [0.2, 0.25) is 0 Å². The summed E-state index contributed by atoms with van der Waals surface area (Å²) in [7, 11) is 0. The molecule has 0 bridgehead atoms. The topological polar surface area (TPSA) is 50.2 Å². The van der Waals surface area contributed by atoms with Crippen LogP contribution in [0.4, 0.5) is 4.39 Å². The van der Waals surface area contributed by atoms with E-state index in [9.17, 15) is 9.18 Å². The maximum atomic E-state index is 13.6. The van der Waals surface area contributed by atoms with Crippen LogP contribution in [0.2, 0.25) is 10.0 Å². The number of hydrazine groups is 1. The lowest BCUT2D eigenvalue weighted by Gasteiger charge is -2.38. The molecular weight excluding hydrogens is 518 g/mol. The SMILES string of the molecule is CC1CCCC(C)N1NC(=O)c1nn(-c2ccc(Cl)cc2Cl)c2c1CSC/C2=C\c1ccc(F)cc1. The van der Waals surface area contributed by atoms with Crippen LogP contribution >= 0.6 is 35.0 Å². The Morgan fingerprint density at radius 3 is 2.53 bits per heavy atom. The van der Waals surface area contributed by atoms with Crippen molar-refractivity contribution in [3.8, 4) is 5.69 Å². The molecule has 1 fully saturated rings. The lowest BCUT2D eigenvalue weighted by atomic mass is 10.00. The number of carbonyl (C=O) groups is 1. The molecule has 36 heavy (non-hydrogen) atoms. The average molecular weight is 546 g/mol. The Kier molecular flexibility index (Phi) is 7.45. The standard InChI is InChI=1S/C27H27Cl2FN4OS/c1-16-4-3-5-17(2)33(16)32-27(35)25-22-15-36-14-19(12-18-6-9-21(30)10-7-18)26(22)34(31-25)24-11-8-20(28)13-23(24)29/h6-13,16-17H,3-5,14-15H2,1-2H3,(H,32,35)/b19-12+. The normalized spacial score (nSPS) is 21.4. The van der Waals surface area contributed by atoms with Crippen molar-refractivity contribution in [2.24, 2.45) is 0 Å². The largest absolute Gasteiger partial charge is 0.286 e. The van der Waals surface area contributed by atoms with E-state index in [2.05, 4.69) is 24.3 Å². The Labute approximate surface area is 224 Å². The Balaban J connectivity index is 1.61. The summed E-state index contributed by atoms with van der Waals surface area (Å²) in [5, 5.41) is 7.83. The summed E-state index contributed by atoms with van der Waals surface area (Å²) >= 11 is 14.5. The second-order valence-corrected chi connectivity index (χ2v) is 11.2. The summed E-state index contributed by atoms with van der Waals surface area (Å²) in [6.45, 7) is 4.27. The van der Waals surface area contributed by atoms with Crippen molar-refractivity contribution >= 4 is 52.5 Å². The molecule has 2 atom stereocenters. The number of hydrogen-bond donors (Lipinski definition) is 1. The van der Waals surface area contributed by atoms with Gasteiger partial charge in [0.05, 0.1) is 16.4 Å². The molecule has 0 aliphatic carbocycles. The second kappa shape index (κ2) is 10.6. The van der Waals surface area contributed by atoms with Gasteiger partial charge in [0, 0.05) is 34.2 Å². The van der Waals surface area contributed by atoms with E-state index in [0.29, 0.717) is 27.2 Å². The zero-order valence-corrected chi connectivity index (χ0v) is 22.4. The highest BCUT2D eigenvalue weighted by Crippen LogP contribution is 2.39. The number of benzene rings is 2. The van der Waals surface area contributed by atoms with Gasteiger partial charge in [-0.1, -0.05) is 41.8 Å². The molecule has 2 aromatic carbocycles. The summed E-state index contributed by atoms with van der Waals surface area (Å²) in [4.78, 5) is 13.6. The molecule has 2 unspecified atom stereocenters. The molecule has 3 heterocycles. The highest BCUT2D eigenvalue weighted by molar-refractivity contribution is 7.99. The fourth-order valence-electron chi connectivity index (χ4n) is 4.94. The first-order valence-electron chi connectivity index (χ1n) is 12.0. The number of piperidine rings is 1. The van der Waals surface area contributed by atoms with E-state index < -0.39 is 0 Å². The van der Waals surface area contributed by atoms with Gasteiger partial charge in [0.15, 0.2) is 5.69 Å². The number of thioether (sulfide) groups is 1. The van der Waals surface area contributed by atoms with Crippen LogP contribution in [0.25, 0.3) is 17.3 Å². The van der Waals surface area contributed by atoms with E-state index in [-0.39, 0.29) is 23.8 Å². The van der Waals surface area contributed by atoms with Gasteiger partial charge in [0.1, 0.15) is 5.82 Å². The molecule has 5 nitrogen and oxygen atoms in total. The number of hydrogen-bond acceptors (Lipinski definition) is 4. The van der Waals surface area contributed by atoms with Crippen LogP contribution < -0.4 is 5.43 Å². The van der Waals surface area contributed by atoms with Gasteiger partial charge in [-0.25, -0.2) is 14.1 Å². The first-order valence-corrected chi connectivity index (χ1v) is 13.9. The number of rotatable bonds is 4. The molecular formula is C27H27Cl2FN4OS. The molecule has 9 heteroatoms. The minimum atomic E-state index is -0.283. The summed E-state index contributed by atoms with van der Waals surface area (Å²) in [5.74, 6) is 0.866. The maximum Gasteiger partial charge on any atom is 0.286 e. The monoisotopic (exact) mass is 544 g/mol. The number of carbonyl (C=O) groups excluding carboxylic acids is 1. The maximum absolute atomic E-state index is 13.6. The fraction of sp³-hybridized carbons (Fsp3) is 0.333. The molecule has 1 saturated heterocycles. The van der Waals surface area contributed by atoms with E-state index in [1.54, 1.807) is 40.7 Å². The zero-order chi connectivity index (χ0) is 25.4. The molecule has 2 aliphatic heterocycles. The van der Waals surface area contributed by atoms with Gasteiger partial charge >= 0.3 is 0 Å². The van der Waals surface area contributed by atoms with Crippen molar-refractivity contribution < 1.29 is 9.18 Å². The first kappa shape index (κ1) is 25.3. The van der Waals surface area contributed by atoms with Gasteiger partial charge in [-0.3, -0.25) is 10.2 Å². The quantitative estimate of drug-likeness (QED) is 0.383. The van der Waals surface area contributed by atoms with Crippen molar-refractivity contribution in [2.45, 2.75) is 50.9 Å². The molecule has 2 aliphatic rings. The number of nitrogens with one attached hydrogen (secondary N) is 1. The molecule has 0 radical (unpaired) electrons. The van der Waals surface area contributed by atoms with E-state index in [1.165, 1.54) is 12.1 Å².